The van der Waals surface area contributed by atoms with E-state index in [0.29, 0.717) is 0 Å². The van der Waals surface area contributed by atoms with E-state index in [4.69, 9.17) is 81.2 Å². The van der Waals surface area contributed by atoms with Crippen molar-refractivity contribution in [1.82, 2.24) is 0 Å². The highest BCUT2D eigenvalue weighted by atomic mass is 35.5. The van der Waals surface area contributed by atoms with Crippen molar-refractivity contribution >= 4 is 81.2 Å². The van der Waals surface area contributed by atoms with Gasteiger partial charge in [0.15, 0.2) is 8.67 Å². The molecule has 1 aliphatic carbocycles. The van der Waals surface area contributed by atoms with Crippen molar-refractivity contribution in [3.8, 4) is 0 Å². The van der Waals surface area contributed by atoms with Crippen LogP contribution in [0, 0.1) is 0 Å². The van der Waals surface area contributed by atoms with Crippen molar-refractivity contribution in [3.05, 3.63) is 21.2 Å². The van der Waals surface area contributed by atoms with Gasteiger partial charge < -0.3 is 0 Å². The van der Waals surface area contributed by atoms with E-state index in [9.17, 15) is 0 Å². The van der Waals surface area contributed by atoms with E-state index in [0.717, 1.165) is 0 Å². The van der Waals surface area contributed by atoms with Crippen LogP contribution in [0.15, 0.2) is 21.2 Å². The van der Waals surface area contributed by atoms with Crippen molar-refractivity contribution < 1.29 is 0 Å². The summed E-state index contributed by atoms with van der Waals surface area (Å²) in [7, 11) is 0. The van der Waals surface area contributed by atoms with Gasteiger partial charge in [0.25, 0.3) is 0 Å². The molecule has 0 N–H and O–H groups in total. The molecule has 7 heteroatoms. The molecule has 0 heterocycles. The van der Waals surface area contributed by atoms with Gasteiger partial charge in [0.2, 0.25) is 0 Å². The molecule has 0 nitrogen and oxygen atoms in total. The molecule has 74 valence electrons. The van der Waals surface area contributed by atoms with Crippen LogP contribution in [-0.4, -0.2) is 8.67 Å². The zero-order chi connectivity index (χ0) is 10.4. The second-order valence-corrected chi connectivity index (χ2v) is 6.19. The lowest BCUT2D eigenvalue weighted by atomic mass is 10.1. The summed E-state index contributed by atoms with van der Waals surface area (Å²) >= 11 is 40.3. The van der Waals surface area contributed by atoms with Crippen LogP contribution in [0.3, 0.4) is 0 Å². The van der Waals surface area contributed by atoms with Gasteiger partial charge in [-0.2, -0.15) is 0 Å². The molecule has 0 fully saturated rings. The molecule has 13 heavy (non-hydrogen) atoms. The molecule has 0 bridgehead atoms. The number of hydrogen-bond donors (Lipinski definition) is 0. The molecule has 1 aliphatic rings. The minimum Gasteiger partial charge on any atom is -0.0931 e. The third-order valence-corrected chi connectivity index (χ3v) is 5.10. The summed E-state index contributed by atoms with van der Waals surface area (Å²) in [6.45, 7) is 0. The monoisotopic (exact) mass is 318 g/mol. The zero-order valence-corrected chi connectivity index (χ0v) is 11.0. The molecule has 0 aromatic heterocycles. The molecular formula is C6HCl7. The lowest BCUT2D eigenvalue weighted by Gasteiger charge is -2.33. The first-order valence-electron chi connectivity index (χ1n) is 2.90. The summed E-state index contributed by atoms with van der Waals surface area (Å²) in [5.74, 6) is 0. The third-order valence-electron chi connectivity index (χ3n) is 1.40. The predicted octanol–water partition coefficient (Wildman–Crippen LogP) is 5.16. The van der Waals surface area contributed by atoms with E-state index in [1.807, 2.05) is 0 Å². The van der Waals surface area contributed by atoms with Gasteiger partial charge in [-0.05, 0) is 6.08 Å². The largest absolute Gasteiger partial charge is 0.191 e. The van der Waals surface area contributed by atoms with Gasteiger partial charge in [-0.15, -0.1) is 0 Å². The number of allylic oxidation sites excluding steroid dienone is 4. The fourth-order valence-corrected chi connectivity index (χ4v) is 2.47. The van der Waals surface area contributed by atoms with Gasteiger partial charge in [-0.25, -0.2) is 0 Å². The Hall–Kier alpha value is 1.51. The first-order valence-corrected chi connectivity index (χ1v) is 5.55. The fraction of sp³-hybridized carbons (Fsp3) is 0.333. The number of halogens is 7. The third kappa shape index (κ3) is 2.06. The minimum atomic E-state index is -1.69. The van der Waals surface area contributed by atoms with Gasteiger partial charge in [0.05, 0.1) is 15.1 Å². The topological polar surface area (TPSA) is 0 Å². The fourth-order valence-electron chi connectivity index (χ4n) is 0.702. The molecule has 0 saturated carbocycles. The van der Waals surface area contributed by atoms with Gasteiger partial charge in [0, 0.05) is 0 Å². The van der Waals surface area contributed by atoms with E-state index >= 15 is 0 Å². The molecule has 0 aliphatic heterocycles. The van der Waals surface area contributed by atoms with Crippen molar-refractivity contribution in [3.63, 3.8) is 0 Å². The average molecular weight is 321 g/mol. The van der Waals surface area contributed by atoms with Crippen LogP contribution >= 0.6 is 81.2 Å². The van der Waals surface area contributed by atoms with Crippen molar-refractivity contribution in [1.29, 1.82) is 0 Å². The Morgan fingerprint density at radius 1 is 0.923 bits per heavy atom. The Balaban J connectivity index is 3.32. The van der Waals surface area contributed by atoms with E-state index in [-0.39, 0.29) is 15.1 Å². The minimum absolute atomic E-state index is 0.0465. The Kier molecular flexibility index (Phi) is 3.70. The van der Waals surface area contributed by atoms with Gasteiger partial charge >= 0.3 is 0 Å². The van der Waals surface area contributed by atoms with Crippen LogP contribution in [-0.2, 0) is 0 Å². The van der Waals surface area contributed by atoms with Crippen molar-refractivity contribution in [2.45, 2.75) is 8.67 Å². The first-order chi connectivity index (χ1) is 5.70. The maximum Gasteiger partial charge on any atom is 0.191 e. The molecule has 0 unspecified atom stereocenters. The van der Waals surface area contributed by atoms with Gasteiger partial charge in [-0.1, -0.05) is 81.2 Å². The second-order valence-electron chi connectivity index (χ2n) is 2.32. The lowest BCUT2D eigenvalue weighted by Crippen LogP contribution is -2.37. The molecule has 0 spiro atoms. The van der Waals surface area contributed by atoms with Crippen molar-refractivity contribution in [2.75, 3.05) is 0 Å². The summed E-state index contributed by atoms with van der Waals surface area (Å²) < 4.78 is -3.28. The molecule has 1 rings (SSSR count). The maximum atomic E-state index is 5.80. The standard InChI is InChI=1S/C6HCl7/c7-2-1-5(10,11)6(12,13)4(9)3(2)8/h1H. The summed E-state index contributed by atoms with van der Waals surface area (Å²) in [6.07, 6.45) is 1.23. The van der Waals surface area contributed by atoms with Gasteiger partial charge in [-0.3, -0.25) is 0 Å². The molecule has 0 amide bonds. The molecule has 0 radical (unpaired) electrons. The highest BCUT2D eigenvalue weighted by molar-refractivity contribution is 6.69. The van der Waals surface area contributed by atoms with Crippen LogP contribution < -0.4 is 0 Å². The van der Waals surface area contributed by atoms with Crippen molar-refractivity contribution in [2.24, 2.45) is 0 Å². The lowest BCUT2D eigenvalue weighted by molar-refractivity contribution is 0.874. The molecule has 0 saturated heterocycles. The summed E-state index contributed by atoms with van der Waals surface area (Å²) in [5, 5.41) is 0.0776. The smallest absolute Gasteiger partial charge is 0.0931 e. The Labute approximate surface area is 110 Å². The predicted molar refractivity (Wildman–Crippen MR) is 61.5 cm³/mol. The summed E-state index contributed by atoms with van der Waals surface area (Å²) in [4.78, 5) is 0. The zero-order valence-electron chi connectivity index (χ0n) is 5.72. The normalized spacial score (nSPS) is 25.9. The van der Waals surface area contributed by atoms with Crippen LogP contribution in [0.2, 0.25) is 0 Å². The van der Waals surface area contributed by atoms with Crippen LogP contribution in [0.25, 0.3) is 0 Å². The molecular weight excluding hydrogens is 320 g/mol. The maximum absolute atomic E-state index is 5.80. The Bertz CT molecular complexity index is 298. The van der Waals surface area contributed by atoms with Crippen LogP contribution in [0.1, 0.15) is 0 Å². The van der Waals surface area contributed by atoms with Crippen LogP contribution in [0.5, 0.6) is 0 Å². The summed E-state index contributed by atoms with van der Waals surface area (Å²) in [6, 6.07) is 0. The number of hydrogen-bond acceptors (Lipinski definition) is 0. The highest BCUT2D eigenvalue weighted by Gasteiger charge is 2.52. The second kappa shape index (κ2) is 3.83. The Morgan fingerprint density at radius 2 is 1.38 bits per heavy atom. The highest BCUT2D eigenvalue weighted by Crippen LogP contribution is 2.55. The van der Waals surface area contributed by atoms with E-state index < -0.39 is 8.67 Å². The first kappa shape index (κ1) is 12.6. The summed E-state index contributed by atoms with van der Waals surface area (Å²) in [5.41, 5.74) is 0. The van der Waals surface area contributed by atoms with Crippen LogP contribution in [0.4, 0.5) is 0 Å². The SMILES string of the molecule is ClC1=CC(Cl)(Cl)C(Cl)(Cl)C(Cl)=C1Cl. The van der Waals surface area contributed by atoms with E-state index in [2.05, 4.69) is 0 Å². The van der Waals surface area contributed by atoms with E-state index in [1.165, 1.54) is 6.08 Å². The Morgan fingerprint density at radius 3 is 1.85 bits per heavy atom. The average Bonchev–Trinajstić information content (AvgIpc) is 1.98. The van der Waals surface area contributed by atoms with Gasteiger partial charge in [0.1, 0.15) is 0 Å². The molecule has 0 aromatic rings. The quantitative estimate of drug-likeness (QED) is 0.541. The molecule has 0 aromatic carbocycles. The molecule has 0 atom stereocenters. The number of alkyl halides is 4. The number of rotatable bonds is 0. The van der Waals surface area contributed by atoms with E-state index in [1.54, 1.807) is 0 Å².